The predicted molar refractivity (Wildman–Crippen MR) is 118 cm³/mol. The molecule has 1 aliphatic heterocycles. The first-order chi connectivity index (χ1) is 15.5. The van der Waals surface area contributed by atoms with E-state index < -0.39 is 17.9 Å². The number of allylic oxidation sites excluding steroid dienone is 2. The highest BCUT2D eigenvalue weighted by atomic mass is 16.5. The van der Waals surface area contributed by atoms with E-state index in [1.807, 2.05) is 42.5 Å². The maximum Gasteiger partial charge on any atom is 0.337 e. The fourth-order valence-corrected chi connectivity index (χ4v) is 3.52. The van der Waals surface area contributed by atoms with E-state index in [1.165, 1.54) is 12.5 Å². The van der Waals surface area contributed by atoms with Gasteiger partial charge < -0.3 is 19.2 Å². The van der Waals surface area contributed by atoms with E-state index in [4.69, 9.17) is 19.2 Å². The maximum absolute atomic E-state index is 13.1. The number of furan rings is 1. The summed E-state index contributed by atoms with van der Waals surface area (Å²) in [6.45, 7) is 3.54. The van der Waals surface area contributed by atoms with Crippen LogP contribution < -0.4 is 5.32 Å². The number of carbonyl (C=O) groups excluding carboxylic acids is 2. The number of nitrogens with zero attached hydrogens (tertiary/aromatic N) is 1. The number of dihydropyridines is 1. The molecule has 32 heavy (non-hydrogen) atoms. The lowest BCUT2D eigenvalue weighted by Gasteiger charge is -2.29. The second-order valence-corrected chi connectivity index (χ2v) is 7.15. The molecule has 0 aliphatic carbocycles. The zero-order valence-corrected chi connectivity index (χ0v) is 18.0. The minimum Gasteiger partial charge on any atom is -0.472 e. The van der Waals surface area contributed by atoms with Gasteiger partial charge in [-0.3, -0.25) is 0 Å². The average molecular weight is 432 g/mol. The number of carbonyl (C=O) groups is 2. The minimum atomic E-state index is -0.713. The van der Waals surface area contributed by atoms with Gasteiger partial charge in [0.15, 0.2) is 0 Å². The monoisotopic (exact) mass is 432 g/mol. The summed E-state index contributed by atoms with van der Waals surface area (Å²) in [6, 6.07) is 13.3. The third kappa shape index (κ3) is 5.35. The molecule has 2 heterocycles. The largest absolute Gasteiger partial charge is 0.472 e. The van der Waals surface area contributed by atoms with Gasteiger partial charge in [-0.15, -0.1) is 0 Å². The van der Waals surface area contributed by atoms with Crippen LogP contribution in [0.15, 0.2) is 82.0 Å². The van der Waals surface area contributed by atoms with Gasteiger partial charge in [0, 0.05) is 17.0 Å². The molecular weight excluding hydrogens is 408 g/mol. The molecule has 7 heteroatoms. The van der Waals surface area contributed by atoms with Crippen molar-refractivity contribution in [3.05, 3.63) is 88.7 Å². The fraction of sp³-hybridized carbons (Fsp3) is 0.240. The third-order valence-corrected chi connectivity index (χ3v) is 4.94. The van der Waals surface area contributed by atoms with Crippen molar-refractivity contribution < 1.29 is 23.5 Å². The molecule has 0 amide bonds. The second-order valence-electron chi connectivity index (χ2n) is 7.15. The van der Waals surface area contributed by atoms with Crippen LogP contribution in [0.2, 0.25) is 0 Å². The molecule has 0 radical (unpaired) electrons. The van der Waals surface area contributed by atoms with Crippen molar-refractivity contribution in [3.63, 3.8) is 0 Å². The normalized spacial score (nSPS) is 16.0. The molecule has 0 saturated carbocycles. The van der Waals surface area contributed by atoms with E-state index in [0.29, 0.717) is 22.5 Å². The molecular formula is C25H24N2O5. The van der Waals surface area contributed by atoms with Crippen molar-refractivity contribution in [1.29, 1.82) is 5.26 Å². The lowest BCUT2D eigenvalue weighted by molar-refractivity contribution is -0.139. The van der Waals surface area contributed by atoms with Crippen molar-refractivity contribution in [2.24, 2.45) is 0 Å². The molecule has 0 saturated heterocycles. The Morgan fingerprint density at radius 1 is 1.09 bits per heavy atom. The minimum absolute atomic E-state index is 0.0308. The number of nitrogens with one attached hydrogen (secondary N) is 1. The van der Waals surface area contributed by atoms with Crippen LogP contribution in [0.5, 0.6) is 0 Å². The van der Waals surface area contributed by atoms with Crippen molar-refractivity contribution in [2.45, 2.75) is 26.2 Å². The van der Waals surface area contributed by atoms with E-state index in [2.05, 4.69) is 5.32 Å². The molecule has 1 aromatic carbocycles. The van der Waals surface area contributed by atoms with E-state index in [9.17, 15) is 9.59 Å². The molecule has 3 rings (SSSR count). The molecule has 1 N–H and O–H groups in total. The Labute approximate surface area is 186 Å². The zero-order chi connectivity index (χ0) is 22.9. The van der Waals surface area contributed by atoms with E-state index in [-0.39, 0.29) is 25.2 Å². The average Bonchev–Trinajstić information content (AvgIpc) is 3.31. The van der Waals surface area contributed by atoms with Crippen LogP contribution in [0.25, 0.3) is 6.08 Å². The summed E-state index contributed by atoms with van der Waals surface area (Å²) < 4.78 is 16.0. The van der Waals surface area contributed by atoms with Crippen molar-refractivity contribution >= 4 is 18.0 Å². The summed E-state index contributed by atoms with van der Waals surface area (Å²) in [5, 5.41) is 11.8. The Hall–Kier alpha value is -4.05. The molecule has 1 unspecified atom stereocenters. The summed E-state index contributed by atoms with van der Waals surface area (Å²) in [5.41, 5.74) is 3.36. The number of esters is 2. The van der Waals surface area contributed by atoms with E-state index >= 15 is 0 Å². The summed E-state index contributed by atoms with van der Waals surface area (Å²) in [5.74, 6) is -1.86. The second kappa shape index (κ2) is 10.8. The van der Waals surface area contributed by atoms with Gasteiger partial charge in [-0.1, -0.05) is 36.4 Å². The van der Waals surface area contributed by atoms with Gasteiger partial charge in [-0.2, -0.15) is 5.26 Å². The SMILES string of the molecule is CC1=C(C(=O)OC/C=C/c2ccccc2)C(c2ccoc2)C(C(=O)OCCC#N)=C(C)N1. The Bertz CT molecular complexity index is 1090. The summed E-state index contributed by atoms with van der Waals surface area (Å²) in [7, 11) is 0. The van der Waals surface area contributed by atoms with Crippen LogP contribution in [0.4, 0.5) is 0 Å². The highest BCUT2D eigenvalue weighted by Gasteiger charge is 2.38. The van der Waals surface area contributed by atoms with Crippen LogP contribution in [0, 0.1) is 11.3 Å². The van der Waals surface area contributed by atoms with Crippen LogP contribution in [-0.2, 0) is 19.1 Å². The number of rotatable bonds is 8. The molecule has 0 fully saturated rings. The number of hydrogen-bond acceptors (Lipinski definition) is 7. The number of nitriles is 1. The molecule has 164 valence electrons. The van der Waals surface area contributed by atoms with Crippen LogP contribution in [0.1, 0.15) is 37.3 Å². The highest BCUT2D eigenvalue weighted by molar-refractivity contribution is 5.99. The Balaban J connectivity index is 1.82. The molecule has 0 spiro atoms. The standard InChI is InChI=1S/C25H24N2O5/c1-17-21(24(28)31-13-6-10-19-8-4-3-5-9-19)23(20-11-15-30-16-20)22(18(2)27-17)25(29)32-14-7-12-26/h3-6,8-11,15-16,23,27H,7,13-14H2,1-2H3/b10-6+. The Morgan fingerprint density at radius 3 is 2.41 bits per heavy atom. The predicted octanol–water partition coefficient (Wildman–Crippen LogP) is 4.23. The molecule has 1 aliphatic rings. The summed E-state index contributed by atoms with van der Waals surface area (Å²) >= 11 is 0. The topological polar surface area (TPSA) is 102 Å². The number of ether oxygens (including phenoxy) is 2. The fourth-order valence-electron chi connectivity index (χ4n) is 3.52. The van der Waals surface area contributed by atoms with Crippen LogP contribution in [0.3, 0.4) is 0 Å². The van der Waals surface area contributed by atoms with Gasteiger partial charge in [-0.05, 0) is 31.6 Å². The molecule has 2 aromatic rings. The first-order valence-electron chi connectivity index (χ1n) is 10.2. The van der Waals surface area contributed by atoms with Crippen molar-refractivity contribution in [1.82, 2.24) is 5.32 Å². The van der Waals surface area contributed by atoms with Gasteiger partial charge in [-0.25, -0.2) is 9.59 Å². The zero-order valence-electron chi connectivity index (χ0n) is 18.0. The molecule has 1 atom stereocenters. The van der Waals surface area contributed by atoms with Crippen LogP contribution in [-0.4, -0.2) is 25.2 Å². The van der Waals surface area contributed by atoms with Crippen molar-refractivity contribution in [3.8, 4) is 6.07 Å². The van der Waals surface area contributed by atoms with Gasteiger partial charge in [0.1, 0.15) is 13.2 Å². The highest BCUT2D eigenvalue weighted by Crippen LogP contribution is 2.39. The van der Waals surface area contributed by atoms with E-state index in [0.717, 1.165) is 5.56 Å². The number of benzene rings is 1. The number of hydrogen-bond donors (Lipinski definition) is 1. The summed E-state index contributed by atoms with van der Waals surface area (Å²) in [6.07, 6.45) is 6.67. The van der Waals surface area contributed by atoms with Crippen molar-refractivity contribution in [2.75, 3.05) is 13.2 Å². The Morgan fingerprint density at radius 2 is 1.78 bits per heavy atom. The molecule has 1 aromatic heterocycles. The van der Waals surface area contributed by atoms with Gasteiger partial charge in [0.25, 0.3) is 0 Å². The van der Waals surface area contributed by atoms with Gasteiger partial charge >= 0.3 is 11.9 Å². The maximum atomic E-state index is 13.1. The van der Waals surface area contributed by atoms with Gasteiger partial charge in [0.2, 0.25) is 0 Å². The smallest absolute Gasteiger partial charge is 0.337 e. The lowest BCUT2D eigenvalue weighted by Crippen LogP contribution is -2.32. The Kier molecular flexibility index (Phi) is 7.65. The quantitative estimate of drug-likeness (QED) is 0.492. The van der Waals surface area contributed by atoms with Crippen LogP contribution >= 0.6 is 0 Å². The summed E-state index contributed by atoms with van der Waals surface area (Å²) in [4.78, 5) is 25.9. The van der Waals surface area contributed by atoms with E-state index in [1.54, 1.807) is 26.0 Å². The third-order valence-electron chi connectivity index (χ3n) is 4.94. The molecule has 7 nitrogen and oxygen atoms in total. The first kappa shape index (κ1) is 22.6. The lowest BCUT2D eigenvalue weighted by atomic mass is 9.81. The first-order valence-corrected chi connectivity index (χ1v) is 10.2. The molecule has 0 bridgehead atoms. The van der Waals surface area contributed by atoms with Gasteiger partial charge in [0.05, 0.1) is 42.1 Å².